The zero-order valence-corrected chi connectivity index (χ0v) is 23.3. The lowest BCUT2D eigenvalue weighted by Gasteiger charge is -2.28. The fourth-order valence-corrected chi connectivity index (χ4v) is 7.43. The van der Waals surface area contributed by atoms with Crippen molar-refractivity contribution in [1.29, 1.82) is 0 Å². The van der Waals surface area contributed by atoms with Crippen molar-refractivity contribution >= 4 is 43.2 Å². The fourth-order valence-electron chi connectivity index (χ4n) is 4.93. The maximum Gasteiger partial charge on any atom is 0.238 e. The average Bonchev–Trinajstić information content (AvgIpc) is 3.75. The maximum absolute atomic E-state index is 12.7. The summed E-state index contributed by atoms with van der Waals surface area (Å²) in [4.78, 5) is 20.4. The molecule has 38 heavy (non-hydrogen) atoms. The van der Waals surface area contributed by atoms with E-state index < -0.39 is 10.0 Å². The smallest absolute Gasteiger partial charge is 0.238 e. The van der Waals surface area contributed by atoms with E-state index in [0.717, 1.165) is 54.2 Å². The van der Waals surface area contributed by atoms with Gasteiger partial charge in [0, 0.05) is 68.0 Å². The highest BCUT2D eigenvalue weighted by Gasteiger charge is 2.36. The normalized spacial score (nSPS) is 19.2. The Morgan fingerprint density at radius 1 is 1.18 bits per heavy atom. The van der Waals surface area contributed by atoms with Crippen molar-refractivity contribution in [3.05, 3.63) is 22.7 Å². The van der Waals surface area contributed by atoms with Crippen LogP contribution in [0.4, 0.5) is 11.6 Å². The molecule has 6 rings (SSSR count). The molecule has 1 saturated carbocycles. The van der Waals surface area contributed by atoms with Gasteiger partial charge in [0.25, 0.3) is 0 Å². The van der Waals surface area contributed by atoms with Crippen molar-refractivity contribution in [2.24, 2.45) is 0 Å². The molecule has 0 bridgehead atoms. The molecule has 2 N–H and O–H groups in total. The number of sulfonamides is 1. The molecule has 13 heteroatoms. The molecule has 0 radical (unpaired) electrons. The number of fused-ring (bicyclic) bond motifs is 1. The Labute approximate surface area is 226 Å². The number of ether oxygens (including phenoxy) is 2. The van der Waals surface area contributed by atoms with Crippen LogP contribution in [0.2, 0.25) is 0 Å². The predicted molar refractivity (Wildman–Crippen MR) is 149 cm³/mol. The number of methoxy groups -OCH3 is 1. The van der Waals surface area contributed by atoms with Gasteiger partial charge in [-0.15, -0.1) is 11.3 Å². The van der Waals surface area contributed by atoms with Gasteiger partial charge in [0.05, 0.1) is 41.5 Å². The zero-order chi connectivity index (χ0) is 26.3. The van der Waals surface area contributed by atoms with E-state index in [0.29, 0.717) is 50.8 Å². The summed E-state index contributed by atoms with van der Waals surface area (Å²) in [6.07, 6.45) is 3.04. The second-order valence-electron chi connectivity index (χ2n) is 9.94. The first-order valence-electron chi connectivity index (χ1n) is 13.0. The number of anilines is 2. The molecule has 3 aliphatic rings. The van der Waals surface area contributed by atoms with Gasteiger partial charge < -0.3 is 19.7 Å². The number of morpholine rings is 1. The number of aromatic nitrogens is 3. The van der Waals surface area contributed by atoms with Crippen LogP contribution in [-0.2, 0) is 21.3 Å². The van der Waals surface area contributed by atoms with Crippen LogP contribution in [0.3, 0.4) is 0 Å². The Morgan fingerprint density at radius 3 is 2.66 bits per heavy atom. The molecule has 5 heterocycles. The van der Waals surface area contributed by atoms with Gasteiger partial charge in [-0.25, -0.2) is 23.4 Å². The fraction of sp³-hybridized carbons (Fsp3) is 0.560. The van der Waals surface area contributed by atoms with Crippen LogP contribution in [0.25, 0.3) is 21.5 Å². The summed E-state index contributed by atoms with van der Waals surface area (Å²) < 4.78 is 40.1. The lowest BCUT2D eigenvalue weighted by molar-refractivity contribution is 0.122. The molecular weight excluding hydrogens is 526 g/mol. The highest BCUT2D eigenvalue weighted by Crippen LogP contribution is 2.40. The standard InChI is InChI=1S/C25H33N7O4S2/c1-16-19(15-31-7-5-26-6-8-31)22-23(37-16)21(28-25(29-22)32-9-11-36-12-10-32)17-13-20(24(35-2)27-14-17)30-38(33,34)18-3-4-18/h13-14,18,26,30H,3-12,15H2,1-2H3. The van der Waals surface area contributed by atoms with E-state index in [4.69, 9.17) is 19.4 Å². The minimum Gasteiger partial charge on any atom is -0.480 e. The number of nitrogens with one attached hydrogen (secondary N) is 2. The van der Waals surface area contributed by atoms with E-state index in [9.17, 15) is 8.42 Å². The molecule has 0 spiro atoms. The van der Waals surface area contributed by atoms with Crippen LogP contribution >= 0.6 is 11.3 Å². The summed E-state index contributed by atoms with van der Waals surface area (Å²) in [5.74, 6) is 0.893. The molecule has 3 aromatic heterocycles. The molecule has 11 nitrogen and oxygen atoms in total. The summed E-state index contributed by atoms with van der Waals surface area (Å²) in [7, 11) is -2.00. The van der Waals surface area contributed by atoms with Crippen molar-refractivity contribution in [3.63, 3.8) is 0 Å². The average molecular weight is 560 g/mol. The van der Waals surface area contributed by atoms with E-state index >= 15 is 0 Å². The van der Waals surface area contributed by atoms with Crippen molar-refractivity contribution in [1.82, 2.24) is 25.2 Å². The van der Waals surface area contributed by atoms with Crippen LogP contribution < -0.4 is 19.7 Å². The Bertz CT molecular complexity index is 1430. The number of hydrogen-bond donors (Lipinski definition) is 2. The number of hydrogen-bond acceptors (Lipinski definition) is 11. The molecule has 3 fully saturated rings. The van der Waals surface area contributed by atoms with Crippen molar-refractivity contribution in [2.45, 2.75) is 31.6 Å². The third-order valence-electron chi connectivity index (χ3n) is 7.24. The second kappa shape index (κ2) is 10.5. The monoisotopic (exact) mass is 559 g/mol. The number of pyridine rings is 1. The van der Waals surface area contributed by atoms with Gasteiger partial charge in [-0.1, -0.05) is 0 Å². The molecule has 0 unspecified atom stereocenters. The highest BCUT2D eigenvalue weighted by atomic mass is 32.2. The summed E-state index contributed by atoms with van der Waals surface area (Å²) in [5, 5.41) is 3.06. The van der Waals surface area contributed by atoms with Gasteiger partial charge in [-0.3, -0.25) is 9.62 Å². The van der Waals surface area contributed by atoms with Crippen LogP contribution in [0, 0.1) is 6.92 Å². The third kappa shape index (κ3) is 5.17. The summed E-state index contributed by atoms with van der Waals surface area (Å²) in [5.41, 5.74) is 3.97. The molecule has 2 aliphatic heterocycles. The van der Waals surface area contributed by atoms with Crippen molar-refractivity contribution in [2.75, 3.05) is 69.2 Å². The largest absolute Gasteiger partial charge is 0.480 e. The minimum absolute atomic E-state index is 0.235. The van der Waals surface area contributed by atoms with Crippen LogP contribution in [0.5, 0.6) is 5.88 Å². The van der Waals surface area contributed by atoms with Gasteiger partial charge in [-0.2, -0.15) is 0 Å². The van der Waals surface area contributed by atoms with Crippen LogP contribution in [0.15, 0.2) is 12.3 Å². The second-order valence-corrected chi connectivity index (χ2v) is 13.1. The number of piperazine rings is 1. The number of aryl methyl sites for hydroxylation is 1. The zero-order valence-electron chi connectivity index (χ0n) is 21.7. The predicted octanol–water partition coefficient (Wildman–Crippen LogP) is 2.22. The first kappa shape index (κ1) is 25.7. The molecule has 1 aliphatic carbocycles. The van der Waals surface area contributed by atoms with E-state index in [1.165, 1.54) is 17.6 Å². The lowest BCUT2D eigenvalue weighted by Crippen LogP contribution is -2.43. The van der Waals surface area contributed by atoms with E-state index in [-0.39, 0.29) is 11.1 Å². The molecule has 2 saturated heterocycles. The SMILES string of the molecule is COc1ncc(-c2nc(N3CCOCC3)nc3c(CN4CCNCC4)c(C)sc23)cc1NS(=O)(=O)C1CC1. The summed E-state index contributed by atoms with van der Waals surface area (Å²) >= 11 is 1.68. The summed E-state index contributed by atoms with van der Waals surface area (Å²) in [6, 6.07) is 1.78. The van der Waals surface area contributed by atoms with E-state index in [2.05, 4.69) is 31.7 Å². The molecule has 0 amide bonds. The molecule has 3 aromatic rings. The summed E-state index contributed by atoms with van der Waals surface area (Å²) in [6.45, 7) is 9.63. The van der Waals surface area contributed by atoms with Gasteiger partial charge in [0.1, 0.15) is 5.69 Å². The Balaban J connectivity index is 1.46. The lowest BCUT2D eigenvalue weighted by atomic mass is 10.1. The molecule has 0 aromatic carbocycles. The molecule has 0 atom stereocenters. The Hall–Kier alpha value is -2.58. The van der Waals surface area contributed by atoms with E-state index in [1.54, 1.807) is 23.6 Å². The van der Waals surface area contributed by atoms with Crippen LogP contribution in [-0.4, -0.2) is 93.1 Å². The highest BCUT2D eigenvalue weighted by molar-refractivity contribution is 7.93. The van der Waals surface area contributed by atoms with Gasteiger partial charge >= 0.3 is 0 Å². The van der Waals surface area contributed by atoms with Crippen molar-refractivity contribution in [3.8, 4) is 17.1 Å². The van der Waals surface area contributed by atoms with Gasteiger partial charge in [0.15, 0.2) is 0 Å². The number of rotatable bonds is 8. The topological polar surface area (TPSA) is 122 Å². The third-order valence-corrected chi connectivity index (χ3v) is 10.2. The first-order chi connectivity index (χ1) is 18.4. The Kier molecular flexibility index (Phi) is 7.12. The quantitative estimate of drug-likeness (QED) is 0.425. The number of thiophene rings is 1. The van der Waals surface area contributed by atoms with E-state index in [1.807, 2.05) is 0 Å². The molecular formula is C25H33N7O4S2. The first-order valence-corrected chi connectivity index (χ1v) is 15.4. The molecule has 204 valence electrons. The minimum atomic E-state index is -3.49. The van der Waals surface area contributed by atoms with Crippen molar-refractivity contribution < 1.29 is 17.9 Å². The number of nitrogens with zero attached hydrogens (tertiary/aromatic N) is 5. The van der Waals surface area contributed by atoms with Gasteiger partial charge in [0.2, 0.25) is 21.9 Å². The maximum atomic E-state index is 12.7. The van der Waals surface area contributed by atoms with Gasteiger partial charge in [-0.05, 0) is 25.8 Å². The Morgan fingerprint density at radius 2 is 1.95 bits per heavy atom. The van der Waals surface area contributed by atoms with Crippen LogP contribution in [0.1, 0.15) is 23.3 Å².